The van der Waals surface area contributed by atoms with Crippen LogP contribution in [0.5, 0.6) is 0 Å². The Morgan fingerprint density at radius 1 is 1.19 bits per heavy atom. The van der Waals surface area contributed by atoms with Crippen LogP contribution in [0.15, 0.2) is 18.2 Å². The fourth-order valence-electron chi connectivity index (χ4n) is 4.67. The summed E-state index contributed by atoms with van der Waals surface area (Å²) in [4.78, 5) is 50.1. The zero-order valence-electron chi connectivity index (χ0n) is 17.4. The number of rotatable bonds is 7. The van der Waals surface area contributed by atoms with E-state index < -0.39 is 18.0 Å². The summed E-state index contributed by atoms with van der Waals surface area (Å²) in [6, 6.07) is 4.87. The van der Waals surface area contributed by atoms with Crippen LogP contribution in [0.3, 0.4) is 0 Å². The van der Waals surface area contributed by atoms with E-state index >= 15 is 0 Å². The molecule has 4 amide bonds. The third-order valence-electron chi connectivity index (χ3n) is 6.91. The van der Waals surface area contributed by atoms with Gasteiger partial charge >= 0.3 is 6.09 Å². The van der Waals surface area contributed by atoms with Gasteiger partial charge in [-0.05, 0) is 48.8 Å². The number of amides is 4. The molecule has 5 rings (SSSR count). The number of nitrogens with one attached hydrogen (secondary N) is 2. The van der Waals surface area contributed by atoms with Gasteiger partial charge in [-0.1, -0.05) is 25.0 Å². The first kappa shape index (κ1) is 20.0. The lowest BCUT2D eigenvalue weighted by Gasteiger charge is -2.29. The van der Waals surface area contributed by atoms with Crippen molar-refractivity contribution in [3.05, 3.63) is 34.9 Å². The number of ether oxygens (including phenoxy) is 1. The molecule has 0 bridgehead atoms. The lowest BCUT2D eigenvalue weighted by molar-refractivity contribution is -0.136. The number of hydrogen-bond donors (Lipinski definition) is 2. The summed E-state index contributed by atoms with van der Waals surface area (Å²) in [6.45, 7) is 1.10. The predicted molar refractivity (Wildman–Crippen MR) is 110 cm³/mol. The van der Waals surface area contributed by atoms with Crippen molar-refractivity contribution in [2.24, 2.45) is 11.3 Å². The van der Waals surface area contributed by atoms with Gasteiger partial charge in [-0.15, -0.1) is 0 Å². The van der Waals surface area contributed by atoms with Gasteiger partial charge in [0.2, 0.25) is 11.8 Å². The van der Waals surface area contributed by atoms with E-state index in [0.717, 1.165) is 29.9 Å². The van der Waals surface area contributed by atoms with E-state index in [1.165, 1.54) is 24.2 Å². The molecule has 1 saturated heterocycles. The van der Waals surface area contributed by atoms with Gasteiger partial charge in [0.25, 0.3) is 5.91 Å². The molecule has 1 unspecified atom stereocenters. The highest BCUT2D eigenvalue weighted by Gasteiger charge is 2.47. The number of imide groups is 1. The van der Waals surface area contributed by atoms with Crippen LogP contribution in [-0.4, -0.2) is 41.4 Å². The van der Waals surface area contributed by atoms with E-state index in [1.54, 1.807) is 6.07 Å². The van der Waals surface area contributed by atoms with Crippen LogP contribution in [0.25, 0.3) is 0 Å². The largest absolute Gasteiger partial charge is 0.449 e. The Labute approximate surface area is 180 Å². The van der Waals surface area contributed by atoms with Crippen molar-refractivity contribution < 1.29 is 23.9 Å². The minimum absolute atomic E-state index is 0.218. The summed E-state index contributed by atoms with van der Waals surface area (Å²) in [6.07, 6.45) is 6.23. The molecule has 164 valence electrons. The molecule has 0 aromatic heterocycles. The molecule has 0 radical (unpaired) electrons. The summed E-state index contributed by atoms with van der Waals surface area (Å²) in [7, 11) is 0. The van der Waals surface area contributed by atoms with Crippen LogP contribution >= 0.6 is 0 Å². The van der Waals surface area contributed by atoms with E-state index in [0.29, 0.717) is 25.1 Å². The fraction of sp³-hybridized carbons (Fsp3) is 0.565. The molecular weight excluding hydrogens is 398 g/mol. The second-order valence-electron chi connectivity index (χ2n) is 9.47. The van der Waals surface area contributed by atoms with Gasteiger partial charge in [-0.2, -0.15) is 0 Å². The van der Waals surface area contributed by atoms with Crippen LogP contribution in [0.2, 0.25) is 0 Å². The number of benzene rings is 1. The lowest BCUT2D eigenvalue weighted by Crippen LogP contribution is -2.52. The van der Waals surface area contributed by atoms with E-state index in [-0.39, 0.29) is 30.2 Å². The maximum Gasteiger partial charge on any atom is 0.407 e. The zero-order chi connectivity index (χ0) is 21.6. The molecule has 3 fully saturated rings. The average Bonchev–Trinajstić information content (AvgIpc) is 3.68. The first-order valence-corrected chi connectivity index (χ1v) is 11.1. The second-order valence-corrected chi connectivity index (χ2v) is 9.47. The highest BCUT2D eigenvalue weighted by molar-refractivity contribution is 6.05. The third-order valence-corrected chi connectivity index (χ3v) is 6.91. The standard InChI is InChI=1S/C23H27N3O5/c27-19-6-5-18(20(28)25-19)26-12-16-4-3-15(9-17(16)21(26)29)11-24-22(30)31-13-23(7-8-23)10-14-1-2-14/h3-4,9,14,18H,1-2,5-8,10-13H2,(H,24,30)(H,25,27,28). The van der Waals surface area contributed by atoms with Crippen molar-refractivity contribution in [2.75, 3.05) is 6.61 Å². The van der Waals surface area contributed by atoms with E-state index in [1.807, 2.05) is 12.1 Å². The molecule has 8 nitrogen and oxygen atoms in total. The number of piperidine rings is 1. The number of alkyl carbamates (subject to hydrolysis) is 1. The van der Waals surface area contributed by atoms with Crippen molar-refractivity contribution in [1.82, 2.24) is 15.5 Å². The van der Waals surface area contributed by atoms with Gasteiger partial charge in [0, 0.05) is 30.5 Å². The fourth-order valence-corrected chi connectivity index (χ4v) is 4.67. The summed E-state index contributed by atoms with van der Waals surface area (Å²) >= 11 is 0. The van der Waals surface area contributed by atoms with Crippen LogP contribution in [0.1, 0.15) is 66.4 Å². The van der Waals surface area contributed by atoms with Crippen LogP contribution in [0.4, 0.5) is 4.79 Å². The van der Waals surface area contributed by atoms with E-state index in [2.05, 4.69) is 10.6 Å². The van der Waals surface area contributed by atoms with Crippen LogP contribution in [0, 0.1) is 11.3 Å². The molecular formula is C23H27N3O5. The van der Waals surface area contributed by atoms with Crippen molar-refractivity contribution in [2.45, 2.75) is 64.1 Å². The summed E-state index contributed by atoms with van der Waals surface area (Å²) < 4.78 is 5.45. The first-order chi connectivity index (χ1) is 14.9. The number of hydrogen-bond acceptors (Lipinski definition) is 5. The van der Waals surface area contributed by atoms with Gasteiger partial charge in [-0.25, -0.2) is 4.79 Å². The molecule has 1 aromatic rings. The number of fused-ring (bicyclic) bond motifs is 1. The second kappa shape index (κ2) is 7.66. The molecule has 2 N–H and O–H groups in total. The number of carbonyl (C=O) groups excluding carboxylic acids is 4. The zero-order valence-corrected chi connectivity index (χ0v) is 17.4. The molecule has 2 heterocycles. The maximum absolute atomic E-state index is 12.9. The predicted octanol–water partition coefficient (Wildman–Crippen LogP) is 2.25. The Kier molecular flexibility index (Phi) is 4.95. The number of carbonyl (C=O) groups is 4. The Morgan fingerprint density at radius 2 is 2.00 bits per heavy atom. The Hall–Kier alpha value is -2.90. The highest BCUT2D eigenvalue weighted by Crippen LogP contribution is 2.55. The quantitative estimate of drug-likeness (QED) is 0.652. The summed E-state index contributed by atoms with van der Waals surface area (Å²) in [5.74, 6) is -0.106. The highest BCUT2D eigenvalue weighted by atomic mass is 16.5. The van der Waals surface area contributed by atoms with Gasteiger partial charge in [0.15, 0.2) is 0 Å². The van der Waals surface area contributed by atoms with Crippen molar-refractivity contribution in [1.29, 1.82) is 0 Å². The molecule has 1 aromatic carbocycles. The van der Waals surface area contributed by atoms with E-state index in [9.17, 15) is 19.2 Å². The average molecular weight is 425 g/mol. The smallest absolute Gasteiger partial charge is 0.407 e. The Morgan fingerprint density at radius 3 is 2.71 bits per heavy atom. The van der Waals surface area contributed by atoms with Gasteiger partial charge in [0.05, 0.1) is 6.61 Å². The maximum atomic E-state index is 12.9. The monoisotopic (exact) mass is 425 g/mol. The molecule has 8 heteroatoms. The Bertz CT molecular complexity index is 951. The molecule has 2 aliphatic carbocycles. The molecule has 0 spiro atoms. The summed E-state index contributed by atoms with van der Waals surface area (Å²) in [5.41, 5.74) is 2.40. The number of nitrogens with zero attached hydrogens (tertiary/aromatic N) is 1. The molecule has 1 atom stereocenters. The minimum Gasteiger partial charge on any atom is -0.449 e. The van der Waals surface area contributed by atoms with Crippen LogP contribution < -0.4 is 10.6 Å². The van der Waals surface area contributed by atoms with Crippen molar-refractivity contribution in [3.63, 3.8) is 0 Å². The van der Waals surface area contributed by atoms with Crippen molar-refractivity contribution >= 4 is 23.8 Å². The first-order valence-electron chi connectivity index (χ1n) is 11.1. The normalized spacial score (nSPS) is 23.9. The Balaban J connectivity index is 1.15. The van der Waals surface area contributed by atoms with Gasteiger partial charge in [-0.3, -0.25) is 19.7 Å². The summed E-state index contributed by atoms with van der Waals surface area (Å²) in [5, 5.41) is 5.08. The molecule has 4 aliphatic rings. The molecule has 2 aliphatic heterocycles. The lowest BCUT2D eigenvalue weighted by atomic mass is 10.0. The van der Waals surface area contributed by atoms with Crippen LogP contribution in [-0.2, 0) is 27.4 Å². The third kappa shape index (κ3) is 4.29. The topological polar surface area (TPSA) is 105 Å². The van der Waals surface area contributed by atoms with Gasteiger partial charge < -0.3 is 15.0 Å². The van der Waals surface area contributed by atoms with Gasteiger partial charge in [0.1, 0.15) is 6.04 Å². The SMILES string of the molecule is O=C1CCC(N2Cc3ccc(CNC(=O)OCC4(CC5CC5)CC4)cc3C2=O)C(=O)N1. The minimum atomic E-state index is -0.625. The molecule has 2 saturated carbocycles. The van der Waals surface area contributed by atoms with Crippen molar-refractivity contribution in [3.8, 4) is 0 Å². The van der Waals surface area contributed by atoms with E-state index in [4.69, 9.17) is 4.74 Å². The molecule has 31 heavy (non-hydrogen) atoms.